The Labute approximate surface area is 172 Å². The highest BCUT2D eigenvalue weighted by molar-refractivity contribution is 5.85. The summed E-state index contributed by atoms with van der Waals surface area (Å²) in [7, 11) is 1.68. The van der Waals surface area contributed by atoms with Crippen molar-refractivity contribution in [2.75, 3.05) is 20.2 Å². The molecule has 4 rings (SSSR count). The fourth-order valence-corrected chi connectivity index (χ4v) is 3.91. The van der Waals surface area contributed by atoms with Crippen molar-refractivity contribution in [3.8, 4) is 28.3 Å². The van der Waals surface area contributed by atoms with Gasteiger partial charge in [0.1, 0.15) is 5.75 Å². The van der Waals surface area contributed by atoms with Gasteiger partial charge in [-0.05, 0) is 57.1 Å². The molecule has 0 amide bonds. The number of hydrogen-bond donors (Lipinski definition) is 1. The van der Waals surface area contributed by atoms with Crippen molar-refractivity contribution in [1.29, 1.82) is 0 Å². The lowest BCUT2D eigenvalue weighted by molar-refractivity contribution is 0.160. The normalized spacial score (nSPS) is 15.8. The van der Waals surface area contributed by atoms with E-state index in [9.17, 15) is 0 Å². The number of benzene rings is 1. The zero-order valence-corrected chi connectivity index (χ0v) is 17.3. The van der Waals surface area contributed by atoms with Gasteiger partial charge in [0.25, 0.3) is 0 Å². The number of methoxy groups -OCH3 is 1. The third-order valence-electron chi connectivity index (χ3n) is 5.48. The summed E-state index contributed by atoms with van der Waals surface area (Å²) in [4.78, 5) is 7.01. The molecule has 0 aliphatic carbocycles. The van der Waals surface area contributed by atoms with Gasteiger partial charge in [-0.25, -0.2) is 4.98 Å². The van der Waals surface area contributed by atoms with E-state index in [1.807, 2.05) is 43.0 Å². The second-order valence-electron chi connectivity index (χ2n) is 7.26. The molecular formula is C21H28ClN5O. The van der Waals surface area contributed by atoms with Gasteiger partial charge in [0, 0.05) is 23.7 Å². The van der Waals surface area contributed by atoms with E-state index >= 15 is 0 Å². The maximum Gasteiger partial charge on any atom is 0.118 e. The number of aromatic amines is 1. The number of imidazole rings is 1. The van der Waals surface area contributed by atoms with E-state index in [1.165, 1.54) is 32.4 Å². The van der Waals surface area contributed by atoms with Crippen LogP contribution in [0.2, 0.25) is 0 Å². The summed E-state index contributed by atoms with van der Waals surface area (Å²) in [5.41, 5.74) is 4.26. The summed E-state index contributed by atoms with van der Waals surface area (Å²) in [6.07, 6.45) is 9.73. The lowest BCUT2D eigenvalue weighted by atomic mass is 10.1. The van der Waals surface area contributed by atoms with Crippen LogP contribution >= 0.6 is 12.4 Å². The van der Waals surface area contributed by atoms with E-state index in [2.05, 4.69) is 31.6 Å². The van der Waals surface area contributed by atoms with E-state index < -0.39 is 0 Å². The molecule has 0 spiro atoms. The molecule has 1 unspecified atom stereocenters. The van der Waals surface area contributed by atoms with Crippen molar-refractivity contribution in [2.24, 2.45) is 0 Å². The molecule has 1 fully saturated rings. The molecule has 3 heterocycles. The first kappa shape index (κ1) is 20.4. The fourth-order valence-electron chi connectivity index (χ4n) is 3.91. The lowest BCUT2D eigenvalue weighted by Gasteiger charge is -2.32. The molecular weight excluding hydrogens is 374 g/mol. The Bertz CT molecular complexity index is 867. The zero-order valence-electron chi connectivity index (χ0n) is 16.5. The van der Waals surface area contributed by atoms with Crippen molar-refractivity contribution in [1.82, 2.24) is 24.6 Å². The summed E-state index contributed by atoms with van der Waals surface area (Å²) < 4.78 is 7.51. The minimum absolute atomic E-state index is 0. The van der Waals surface area contributed by atoms with Crippen LogP contribution in [0.4, 0.5) is 0 Å². The molecule has 28 heavy (non-hydrogen) atoms. The second kappa shape index (κ2) is 9.26. The standard InChI is InChI=1S/C21H27N5O.ClH/c1-16(25-10-4-3-5-11-25)14-26-15-22-13-20(26)19-12-23-24-21(19)17-6-8-18(27-2)9-7-17;/h6-9,12-13,15-16H,3-5,10-11,14H2,1-2H3,(H,23,24);1H. The van der Waals surface area contributed by atoms with Gasteiger partial charge in [0.05, 0.1) is 37.2 Å². The highest BCUT2D eigenvalue weighted by atomic mass is 35.5. The van der Waals surface area contributed by atoms with E-state index in [1.54, 1.807) is 7.11 Å². The minimum Gasteiger partial charge on any atom is -0.497 e. The van der Waals surface area contributed by atoms with Crippen LogP contribution in [-0.2, 0) is 6.54 Å². The Morgan fingerprint density at radius 2 is 1.86 bits per heavy atom. The minimum atomic E-state index is 0. The fraction of sp³-hybridized carbons (Fsp3) is 0.429. The molecule has 6 nitrogen and oxygen atoms in total. The highest BCUT2D eigenvalue weighted by Gasteiger charge is 2.19. The molecule has 1 aliphatic heterocycles. The van der Waals surface area contributed by atoms with Gasteiger partial charge in [0.15, 0.2) is 0 Å². The molecule has 1 aliphatic rings. The number of halogens is 1. The Balaban J connectivity index is 0.00000225. The summed E-state index contributed by atoms with van der Waals surface area (Å²) in [5, 5.41) is 7.45. The predicted molar refractivity (Wildman–Crippen MR) is 114 cm³/mol. The number of aromatic nitrogens is 4. The Hall–Kier alpha value is -2.31. The van der Waals surface area contributed by atoms with Crippen LogP contribution in [0.25, 0.3) is 22.5 Å². The zero-order chi connectivity index (χ0) is 18.6. The van der Waals surface area contributed by atoms with Crippen LogP contribution < -0.4 is 4.74 Å². The number of H-pyrrole nitrogens is 1. The van der Waals surface area contributed by atoms with Crippen molar-refractivity contribution in [3.63, 3.8) is 0 Å². The first-order chi connectivity index (χ1) is 13.3. The van der Waals surface area contributed by atoms with Gasteiger partial charge in [-0.3, -0.25) is 10.00 Å². The Morgan fingerprint density at radius 3 is 2.57 bits per heavy atom. The average molecular weight is 402 g/mol. The molecule has 0 bridgehead atoms. The maximum atomic E-state index is 5.26. The Morgan fingerprint density at radius 1 is 1.11 bits per heavy atom. The molecule has 3 aromatic rings. The van der Waals surface area contributed by atoms with Gasteiger partial charge < -0.3 is 9.30 Å². The SMILES string of the molecule is COc1ccc(-c2[nH]ncc2-c2cncn2CC(C)N2CCCCC2)cc1.Cl. The van der Waals surface area contributed by atoms with Crippen molar-refractivity contribution in [2.45, 2.75) is 38.8 Å². The molecule has 2 aromatic heterocycles. The predicted octanol–water partition coefficient (Wildman–Crippen LogP) is 4.25. The molecule has 7 heteroatoms. The first-order valence-electron chi connectivity index (χ1n) is 9.68. The molecule has 0 radical (unpaired) electrons. The molecule has 1 atom stereocenters. The number of rotatable bonds is 6. The monoisotopic (exact) mass is 401 g/mol. The summed E-state index contributed by atoms with van der Waals surface area (Å²) in [6.45, 7) is 5.65. The third kappa shape index (κ3) is 4.23. The lowest BCUT2D eigenvalue weighted by Crippen LogP contribution is -2.39. The van der Waals surface area contributed by atoms with Gasteiger partial charge in [0.2, 0.25) is 0 Å². The topological polar surface area (TPSA) is 59.0 Å². The molecule has 150 valence electrons. The highest BCUT2D eigenvalue weighted by Crippen LogP contribution is 2.31. The van der Waals surface area contributed by atoms with E-state index in [0.29, 0.717) is 6.04 Å². The average Bonchev–Trinajstić information content (AvgIpc) is 3.37. The van der Waals surface area contributed by atoms with Crippen LogP contribution in [0.3, 0.4) is 0 Å². The molecule has 0 saturated carbocycles. The van der Waals surface area contributed by atoms with Crippen molar-refractivity contribution in [3.05, 3.63) is 43.0 Å². The third-order valence-corrected chi connectivity index (χ3v) is 5.48. The van der Waals surface area contributed by atoms with Crippen LogP contribution in [0.1, 0.15) is 26.2 Å². The van der Waals surface area contributed by atoms with Crippen LogP contribution in [0.5, 0.6) is 5.75 Å². The van der Waals surface area contributed by atoms with Crippen molar-refractivity contribution < 1.29 is 4.74 Å². The van der Waals surface area contributed by atoms with Crippen LogP contribution in [0.15, 0.2) is 43.0 Å². The number of hydrogen-bond acceptors (Lipinski definition) is 4. The van der Waals surface area contributed by atoms with E-state index in [0.717, 1.165) is 34.8 Å². The van der Waals surface area contributed by atoms with E-state index in [-0.39, 0.29) is 12.4 Å². The van der Waals surface area contributed by atoms with Gasteiger partial charge in [-0.2, -0.15) is 5.10 Å². The summed E-state index contributed by atoms with van der Waals surface area (Å²) >= 11 is 0. The quantitative estimate of drug-likeness (QED) is 0.671. The number of piperidine rings is 1. The molecule has 1 aromatic carbocycles. The van der Waals surface area contributed by atoms with Gasteiger partial charge >= 0.3 is 0 Å². The molecule has 1 saturated heterocycles. The number of likely N-dealkylation sites (tertiary alicyclic amines) is 1. The summed E-state index contributed by atoms with van der Waals surface area (Å²) in [5.74, 6) is 0.847. The molecule has 1 N–H and O–H groups in total. The second-order valence-corrected chi connectivity index (χ2v) is 7.26. The first-order valence-corrected chi connectivity index (χ1v) is 9.68. The number of ether oxygens (including phenoxy) is 1. The number of nitrogens with zero attached hydrogens (tertiary/aromatic N) is 4. The van der Waals surface area contributed by atoms with E-state index in [4.69, 9.17) is 4.74 Å². The number of nitrogens with one attached hydrogen (secondary N) is 1. The van der Waals surface area contributed by atoms with Crippen LogP contribution in [-0.4, -0.2) is 50.9 Å². The Kier molecular flexibility index (Phi) is 6.75. The van der Waals surface area contributed by atoms with Crippen LogP contribution in [0, 0.1) is 0 Å². The largest absolute Gasteiger partial charge is 0.497 e. The van der Waals surface area contributed by atoms with Gasteiger partial charge in [-0.1, -0.05) is 6.42 Å². The maximum absolute atomic E-state index is 5.26. The summed E-state index contributed by atoms with van der Waals surface area (Å²) in [6, 6.07) is 8.53. The smallest absolute Gasteiger partial charge is 0.118 e. The van der Waals surface area contributed by atoms with Gasteiger partial charge in [-0.15, -0.1) is 12.4 Å². The van der Waals surface area contributed by atoms with Crippen molar-refractivity contribution >= 4 is 12.4 Å².